The highest BCUT2D eigenvalue weighted by Crippen LogP contribution is 2.33. The molecule has 1 aliphatic heterocycles. The van der Waals surface area contributed by atoms with Gasteiger partial charge in [0.15, 0.2) is 0 Å². The van der Waals surface area contributed by atoms with Crippen LogP contribution in [0.1, 0.15) is 220 Å². The number of benzene rings is 1. The molecule has 0 saturated heterocycles. The third kappa shape index (κ3) is 16.1. The van der Waals surface area contributed by atoms with Crippen molar-refractivity contribution in [2.75, 3.05) is 6.54 Å². The third-order valence-electron chi connectivity index (χ3n) is 12.0. The second-order valence-corrected chi connectivity index (χ2v) is 19.6. The summed E-state index contributed by atoms with van der Waals surface area (Å²) in [6.07, 6.45) is 20.3. The van der Waals surface area contributed by atoms with Crippen LogP contribution in [0.25, 0.3) is 0 Å². The summed E-state index contributed by atoms with van der Waals surface area (Å²) in [7, 11) is 0. The number of rotatable bonds is 16. The molecule has 1 aromatic carbocycles. The molecule has 0 spiro atoms. The standard InChI is InChI=1S/C28H39N3O4.C20H32N2O4/c1-28(2,3)34-24(32)18-22(15-9-12-20-10-5-4-6-11-20)26-29-25(30-35-26)27(33)31-17-16-21-13-7-8-14-23(21)19-31;1-14(23)18-21-19(26-22-18)16(13-17(24)25-20(2,3)4)12-8-11-15-9-6-5-7-10-15/h7-8,13-14,20,22H,4-6,9-12,15-19H2,1-3H3;15-16H,5-13H2,1-4H3/t22-;16-/m11/s1. The van der Waals surface area contributed by atoms with Gasteiger partial charge in [0.05, 0.1) is 12.8 Å². The second kappa shape index (κ2) is 22.6. The van der Waals surface area contributed by atoms with Crippen LogP contribution < -0.4 is 0 Å². The minimum atomic E-state index is -0.551. The predicted octanol–water partition coefficient (Wildman–Crippen LogP) is 10.7. The molecule has 3 aliphatic rings. The van der Waals surface area contributed by atoms with E-state index in [2.05, 4.69) is 32.4 Å². The SMILES string of the molecule is CC(=O)c1noc([C@H](CCCC2CCCCC2)CC(=O)OC(C)(C)C)n1.CC(C)(C)OC(=O)C[C@@H](CCCC1CCCCC1)c1nc(C(=O)N2CCc3ccccc3C2)no1. The van der Waals surface area contributed by atoms with Crippen molar-refractivity contribution < 1.29 is 37.7 Å². The van der Waals surface area contributed by atoms with Crippen LogP contribution in [-0.2, 0) is 32.0 Å². The summed E-state index contributed by atoms with van der Waals surface area (Å²) in [6.45, 7) is 13.7. The van der Waals surface area contributed by atoms with E-state index in [1.807, 2.05) is 53.7 Å². The zero-order valence-corrected chi connectivity index (χ0v) is 38.0. The molecule has 13 heteroatoms. The highest BCUT2D eigenvalue weighted by molar-refractivity contribution is 5.90. The van der Waals surface area contributed by atoms with Crippen LogP contribution >= 0.6 is 0 Å². The number of aromatic nitrogens is 4. The minimum absolute atomic E-state index is 0.0702. The van der Waals surface area contributed by atoms with Gasteiger partial charge in [0, 0.05) is 31.8 Å². The quantitative estimate of drug-likeness (QED) is 0.0990. The summed E-state index contributed by atoms with van der Waals surface area (Å²) >= 11 is 0. The van der Waals surface area contributed by atoms with Crippen molar-refractivity contribution in [2.45, 2.75) is 200 Å². The fraction of sp³-hybridized carbons (Fsp3) is 0.708. The Morgan fingerprint density at radius 2 is 1.15 bits per heavy atom. The minimum Gasteiger partial charge on any atom is -0.460 e. The van der Waals surface area contributed by atoms with E-state index < -0.39 is 11.2 Å². The molecule has 0 radical (unpaired) electrons. The molecule has 2 atom stereocenters. The van der Waals surface area contributed by atoms with Gasteiger partial charge in [-0.1, -0.05) is 124 Å². The molecule has 1 amide bonds. The van der Waals surface area contributed by atoms with Crippen molar-refractivity contribution in [1.82, 2.24) is 25.2 Å². The van der Waals surface area contributed by atoms with Gasteiger partial charge in [0.25, 0.3) is 11.7 Å². The van der Waals surface area contributed by atoms with Gasteiger partial charge in [-0.25, -0.2) is 0 Å². The molecule has 3 heterocycles. The van der Waals surface area contributed by atoms with Gasteiger partial charge in [0.1, 0.15) is 11.2 Å². The maximum absolute atomic E-state index is 13.1. The lowest BCUT2D eigenvalue weighted by atomic mass is 9.84. The normalized spacial score (nSPS) is 17.4. The van der Waals surface area contributed by atoms with Crippen LogP contribution in [0.15, 0.2) is 33.3 Å². The van der Waals surface area contributed by atoms with Crippen molar-refractivity contribution in [3.05, 3.63) is 58.8 Å². The van der Waals surface area contributed by atoms with Crippen LogP contribution in [0.5, 0.6) is 0 Å². The van der Waals surface area contributed by atoms with E-state index in [1.54, 1.807) is 4.90 Å². The van der Waals surface area contributed by atoms with Crippen molar-refractivity contribution in [2.24, 2.45) is 11.8 Å². The number of fused-ring (bicyclic) bond motifs is 1. The Morgan fingerprint density at radius 3 is 1.61 bits per heavy atom. The molecule has 61 heavy (non-hydrogen) atoms. The maximum Gasteiger partial charge on any atom is 0.307 e. The number of carbonyl (C=O) groups is 4. The maximum atomic E-state index is 13.1. The molecule has 6 rings (SSSR count). The smallest absolute Gasteiger partial charge is 0.307 e. The second-order valence-electron chi connectivity index (χ2n) is 19.6. The fourth-order valence-corrected chi connectivity index (χ4v) is 8.89. The van der Waals surface area contributed by atoms with Gasteiger partial charge >= 0.3 is 11.9 Å². The van der Waals surface area contributed by atoms with Crippen molar-refractivity contribution in [3.63, 3.8) is 0 Å². The molecular formula is C48H71N5O8. The van der Waals surface area contributed by atoms with E-state index in [0.717, 1.165) is 55.9 Å². The monoisotopic (exact) mass is 846 g/mol. The number of ketones is 1. The number of hydrogen-bond acceptors (Lipinski definition) is 12. The first kappa shape index (κ1) is 47.6. The zero-order chi connectivity index (χ0) is 44.0. The summed E-state index contributed by atoms with van der Waals surface area (Å²) in [5.41, 5.74) is 1.36. The summed E-state index contributed by atoms with van der Waals surface area (Å²) in [4.78, 5) is 59.9. The Morgan fingerprint density at radius 1 is 0.689 bits per heavy atom. The van der Waals surface area contributed by atoms with Crippen LogP contribution in [0, 0.1) is 11.8 Å². The molecule has 2 aliphatic carbocycles. The lowest BCUT2D eigenvalue weighted by molar-refractivity contribution is -0.156. The number of nitrogens with zero attached hydrogens (tertiary/aromatic N) is 5. The average Bonchev–Trinajstić information content (AvgIpc) is 3.91. The first-order valence-corrected chi connectivity index (χ1v) is 23.0. The Kier molecular flexibility index (Phi) is 17.7. The fourth-order valence-electron chi connectivity index (χ4n) is 8.89. The van der Waals surface area contributed by atoms with Crippen LogP contribution in [0.3, 0.4) is 0 Å². The molecule has 0 unspecified atom stereocenters. The number of esters is 2. The summed E-state index contributed by atoms with van der Waals surface area (Å²) in [6, 6.07) is 8.19. The number of Topliss-reactive ketones (excluding diaryl/α,β-unsaturated/α-hetero) is 1. The van der Waals surface area contributed by atoms with Gasteiger partial charge < -0.3 is 23.4 Å². The number of carbonyl (C=O) groups excluding carboxylic acids is 4. The Bertz CT molecular complexity index is 1860. The largest absolute Gasteiger partial charge is 0.460 e. The third-order valence-corrected chi connectivity index (χ3v) is 12.0. The van der Waals surface area contributed by atoms with Gasteiger partial charge in [-0.2, -0.15) is 9.97 Å². The molecule has 336 valence electrons. The topological polar surface area (TPSA) is 168 Å². The van der Waals surface area contributed by atoms with Crippen LogP contribution in [0.2, 0.25) is 0 Å². The van der Waals surface area contributed by atoms with Crippen molar-refractivity contribution >= 4 is 23.6 Å². The summed E-state index contributed by atoms with van der Waals surface area (Å²) in [5, 5.41) is 7.75. The average molecular weight is 846 g/mol. The Labute approximate surface area is 362 Å². The molecule has 2 saturated carbocycles. The van der Waals surface area contributed by atoms with Crippen LogP contribution in [-0.4, -0.2) is 66.6 Å². The van der Waals surface area contributed by atoms with Gasteiger partial charge in [-0.3, -0.25) is 19.2 Å². The number of amides is 1. The molecule has 2 fully saturated rings. The molecule has 3 aromatic rings. The lowest BCUT2D eigenvalue weighted by Gasteiger charge is -2.27. The van der Waals surface area contributed by atoms with Gasteiger partial charge in [-0.05, 0) is 83.8 Å². The zero-order valence-electron chi connectivity index (χ0n) is 38.0. The predicted molar refractivity (Wildman–Crippen MR) is 231 cm³/mol. The van der Waals surface area contributed by atoms with Gasteiger partial charge in [-0.15, -0.1) is 0 Å². The lowest BCUT2D eigenvalue weighted by Crippen LogP contribution is -2.36. The number of ether oxygens (including phenoxy) is 2. The number of hydrogen-bond donors (Lipinski definition) is 0. The Hall–Kier alpha value is -4.42. The van der Waals surface area contributed by atoms with E-state index >= 15 is 0 Å². The molecule has 0 N–H and O–H groups in total. The molecular weight excluding hydrogens is 775 g/mol. The van der Waals surface area contributed by atoms with E-state index in [-0.39, 0.29) is 60.0 Å². The van der Waals surface area contributed by atoms with E-state index in [4.69, 9.17) is 18.5 Å². The van der Waals surface area contributed by atoms with Crippen molar-refractivity contribution in [3.8, 4) is 0 Å². The first-order chi connectivity index (χ1) is 29.0. The van der Waals surface area contributed by atoms with Crippen molar-refractivity contribution in [1.29, 1.82) is 0 Å². The van der Waals surface area contributed by atoms with Crippen LogP contribution in [0.4, 0.5) is 0 Å². The first-order valence-electron chi connectivity index (χ1n) is 23.0. The molecule has 0 bridgehead atoms. The van der Waals surface area contributed by atoms with Gasteiger partial charge in [0.2, 0.25) is 23.4 Å². The van der Waals surface area contributed by atoms with E-state index in [0.29, 0.717) is 24.9 Å². The summed E-state index contributed by atoms with van der Waals surface area (Å²) in [5.74, 6) is 0.965. The van der Waals surface area contributed by atoms with E-state index in [9.17, 15) is 19.2 Å². The summed E-state index contributed by atoms with van der Waals surface area (Å²) < 4.78 is 21.8. The molecule has 13 nitrogen and oxygen atoms in total. The van der Waals surface area contributed by atoms with E-state index in [1.165, 1.54) is 83.1 Å². The highest BCUT2D eigenvalue weighted by atomic mass is 16.6. The Balaban J connectivity index is 0.000000242. The molecule has 2 aromatic heterocycles. The highest BCUT2D eigenvalue weighted by Gasteiger charge is 2.31.